The molecule has 0 radical (unpaired) electrons. The lowest BCUT2D eigenvalue weighted by Crippen LogP contribution is -2.54. The molecule has 1 unspecified atom stereocenters. The molecule has 4 nitrogen and oxygen atoms in total. The van der Waals surface area contributed by atoms with Gasteiger partial charge in [-0.2, -0.15) is 0 Å². The Morgan fingerprint density at radius 1 is 1.10 bits per heavy atom. The number of fused-ring (bicyclic) bond motifs is 3. The maximum Gasteiger partial charge on any atom is 0.227 e. The van der Waals surface area contributed by atoms with Crippen molar-refractivity contribution in [1.82, 2.24) is 4.90 Å². The molecule has 3 aromatic rings. The Kier molecular flexibility index (Phi) is 4.73. The molecule has 1 fully saturated rings. The van der Waals surface area contributed by atoms with Gasteiger partial charge in [0.25, 0.3) is 0 Å². The molecule has 0 bridgehead atoms. The number of piperidine rings is 1. The number of benzene rings is 3. The Balaban J connectivity index is 1.50. The summed E-state index contributed by atoms with van der Waals surface area (Å²) in [6.45, 7) is 4.30. The van der Waals surface area contributed by atoms with Crippen LogP contribution in [0.1, 0.15) is 43.9 Å². The Hall–Kier alpha value is -3.27. The second-order valence-electron chi connectivity index (χ2n) is 8.84. The van der Waals surface area contributed by atoms with E-state index in [0.29, 0.717) is 6.54 Å². The summed E-state index contributed by atoms with van der Waals surface area (Å²) >= 11 is 0. The van der Waals surface area contributed by atoms with Crippen molar-refractivity contribution in [3.8, 4) is 0 Å². The highest BCUT2D eigenvalue weighted by Gasteiger charge is 2.52. The van der Waals surface area contributed by atoms with Crippen LogP contribution in [-0.4, -0.2) is 29.3 Å². The van der Waals surface area contributed by atoms with Gasteiger partial charge >= 0.3 is 0 Å². The normalized spacial score (nSPS) is 23.4. The summed E-state index contributed by atoms with van der Waals surface area (Å²) < 4.78 is 0. The van der Waals surface area contributed by atoms with Gasteiger partial charge in [-0.3, -0.25) is 9.79 Å². The van der Waals surface area contributed by atoms with Crippen molar-refractivity contribution >= 4 is 34.4 Å². The number of hydrogen-bond donors (Lipinski definition) is 0. The van der Waals surface area contributed by atoms with Crippen LogP contribution in [0.5, 0.6) is 0 Å². The molecule has 3 atom stereocenters. The van der Waals surface area contributed by atoms with Crippen LogP contribution in [-0.2, 0) is 15.0 Å². The number of carbonyl (C=O) groups excluding carboxylic acids is 2. The molecule has 2 heterocycles. The Labute approximate surface area is 182 Å². The minimum absolute atomic E-state index is 0.0377. The number of para-hydroxylation sites is 1. The maximum absolute atomic E-state index is 13.8. The number of nitrogens with zero attached hydrogens (tertiary/aromatic N) is 2. The molecule has 0 saturated carbocycles. The van der Waals surface area contributed by atoms with Gasteiger partial charge in [0.05, 0.1) is 17.6 Å². The van der Waals surface area contributed by atoms with Gasteiger partial charge < -0.3 is 9.69 Å². The first-order valence-corrected chi connectivity index (χ1v) is 10.9. The first-order valence-electron chi connectivity index (χ1n) is 10.9. The molecule has 1 spiro atoms. The molecule has 5 rings (SSSR count). The van der Waals surface area contributed by atoms with Gasteiger partial charge in [-0.1, -0.05) is 54.6 Å². The zero-order chi connectivity index (χ0) is 21.6. The number of ketones is 1. The summed E-state index contributed by atoms with van der Waals surface area (Å²) in [5.74, 6) is -0.338. The quantitative estimate of drug-likeness (QED) is 0.580. The van der Waals surface area contributed by atoms with E-state index in [1.807, 2.05) is 41.4 Å². The second kappa shape index (κ2) is 7.45. The van der Waals surface area contributed by atoms with Crippen LogP contribution < -0.4 is 0 Å². The maximum atomic E-state index is 13.8. The summed E-state index contributed by atoms with van der Waals surface area (Å²) in [7, 11) is 0. The SMILES string of the molecule is CC(=O)C[C@@H]1C(=O)N(C(C)c2ccc3ccccc3c2)CC[C@@]12C=Nc1ccccc12. The highest BCUT2D eigenvalue weighted by Crippen LogP contribution is 2.49. The van der Waals surface area contributed by atoms with Crippen LogP contribution in [0.4, 0.5) is 5.69 Å². The fourth-order valence-electron chi connectivity index (χ4n) is 5.31. The van der Waals surface area contributed by atoms with Crippen molar-refractivity contribution in [2.24, 2.45) is 10.9 Å². The van der Waals surface area contributed by atoms with E-state index in [-0.39, 0.29) is 24.2 Å². The van der Waals surface area contributed by atoms with E-state index in [1.54, 1.807) is 6.92 Å². The number of aliphatic imine (C=N–C) groups is 1. The Bertz CT molecular complexity index is 1210. The van der Waals surface area contributed by atoms with E-state index in [1.165, 1.54) is 10.8 Å². The number of likely N-dealkylation sites (tertiary alicyclic amines) is 1. The lowest BCUT2D eigenvalue weighted by molar-refractivity contribution is -0.145. The molecule has 4 heteroatoms. The molecule has 2 aliphatic heterocycles. The smallest absolute Gasteiger partial charge is 0.227 e. The second-order valence-corrected chi connectivity index (χ2v) is 8.84. The van der Waals surface area contributed by atoms with Gasteiger partial charge in [0, 0.05) is 24.6 Å². The standard InChI is InChI=1S/C27H26N2O2/c1-18(30)15-24-26(31)29(14-13-27(24)17-28-25-10-6-5-9-23(25)27)19(2)21-12-11-20-7-3-4-8-22(20)16-21/h3-12,16-17,19,24H,13-15H2,1-2H3/t19?,24-,27+/m1/s1. The molecule has 31 heavy (non-hydrogen) atoms. The van der Waals surface area contributed by atoms with Crippen molar-refractivity contribution in [3.05, 3.63) is 77.9 Å². The molecule has 2 aliphatic rings. The number of amides is 1. The van der Waals surface area contributed by atoms with Gasteiger partial charge in [-0.15, -0.1) is 0 Å². The van der Waals surface area contributed by atoms with Crippen LogP contribution in [0, 0.1) is 5.92 Å². The van der Waals surface area contributed by atoms with Crippen molar-refractivity contribution in [2.75, 3.05) is 6.54 Å². The molecule has 156 valence electrons. The van der Waals surface area contributed by atoms with Crippen molar-refractivity contribution < 1.29 is 9.59 Å². The van der Waals surface area contributed by atoms with Gasteiger partial charge in [-0.25, -0.2) is 0 Å². The molecule has 1 saturated heterocycles. The molecular weight excluding hydrogens is 384 g/mol. The number of hydrogen-bond acceptors (Lipinski definition) is 3. The number of carbonyl (C=O) groups is 2. The van der Waals surface area contributed by atoms with E-state index in [0.717, 1.165) is 23.2 Å². The summed E-state index contributed by atoms with van der Waals surface area (Å²) in [5, 5.41) is 2.36. The topological polar surface area (TPSA) is 49.7 Å². The van der Waals surface area contributed by atoms with Gasteiger partial charge in [0.15, 0.2) is 0 Å². The highest BCUT2D eigenvalue weighted by atomic mass is 16.2. The van der Waals surface area contributed by atoms with E-state index in [9.17, 15) is 9.59 Å². The summed E-state index contributed by atoms with van der Waals surface area (Å²) in [4.78, 5) is 32.6. The highest BCUT2D eigenvalue weighted by molar-refractivity contribution is 5.97. The monoisotopic (exact) mass is 410 g/mol. The third-order valence-electron chi connectivity index (χ3n) is 7.02. The number of Topliss-reactive ketones (excluding diaryl/α,β-unsaturated/α-hetero) is 1. The van der Waals surface area contributed by atoms with Crippen molar-refractivity contribution in [3.63, 3.8) is 0 Å². The summed E-state index contributed by atoms with van der Waals surface area (Å²) in [6.07, 6.45) is 2.94. The van der Waals surface area contributed by atoms with E-state index < -0.39 is 11.3 Å². The van der Waals surface area contributed by atoms with E-state index in [2.05, 4.69) is 48.3 Å². The molecule has 0 aliphatic carbocycles. The fraction of sp³-hybridized carbons (Fsp3) is 0.296. The summed E-state index contributed by atoms with van der Waals surface area (Å²) in [5.41, 5.74) is 2.62. The number of rotatable bonds is 4. The molecule has 1 amide bonds. The van der Waals surface area contributed by atoms with Crippen LogP contribution in [0.15, 0.2) is 71.7 Å². The Morgan fingerprint density at radius 3 is 2.65 bits per heavy atom. The Morgan fingerprint density at radius 2 is 1.84 bits per heavy atom. The van der Waals surface area contributed by atoms with E-state index in [4.69, 9.17) is 0 Å². The van der Waals surface area contributed by atoms with Gasteiger partial charge in [0.1, 0.15) is 5.78 Å². The average molecular weight is 411 g/mol. The van der Waals surface area contributed by atoms with Crippen LogP contribution in [0.3, 0.4) is 0 Å². The van der Waals surface area contributed by atoms with Crippen molar-refractivity contribution in [1.29, 1.82) is 0 Å². The molecule has 3 aromatic carbocycles. The van der Waals surface area contributed by atoms with Crippen LogP contribution in [0.25, 0.3) is 10.8 Å². The fourth-order valence-corrected chi connectivity index (χ4v) is 5.31. The third-order valence-corrected chi connectivity index (χ3v) is 7.02. The van der Waals surface area contributed by atoms with Crippen LogP contribution >= 0.6 is 0 Å². The lowest BCUT2D eigenvalue weighted by atomic mass is 9.65. The van der Waals surface area contributed by atoms with Crippen LogP contribution in [0.2, 0.25) is 0 Å². The zero-order valence-corrected chi connectivity index (χ0v) is 17.9. The average Bonchev–Trinajstić information content (AvgIpc) is 3.15. The van der Waals surface area contributed by atoms with Gasteiger partial charge in [-0.05, 0) is 54.3 Å². The van der Waals surface area contributed by atoms with Gasteiger partial charge in [0.2, 0.25) is 5.91 Å². The predicted octanol–water partition coefficient (Wildman–Crippen LogP) is 5.38. The largest absolute Gasteiger partial charge is 0.336 e. The predicted molar refractivity (Wildman–Crippen MR) is 124 cm³/mol. The minimum Gasteiger partial charge on any atom is -0.336 e. The van der Waals surface area contributed by atoms with E-state index >= 15 is 0 Å². The van der Waals surface area contributed by atoms with Crippen molar-refractivity contribution in [2.45, 2.75) is 38.1 Å². The molecule has 0 N–H and O–H groups in total. The first-order chi connectivity index (χ1) is 15.0. The molecular formula is C27H26N2O2. The molecule has 0 aromatic heterocycles. The third kappa shape index (κ3) is 3.18. The minimum atomic E-state index is -0.487. The first kappa shape index (κ1) is 19.7. The lowest BCUT2D eigenvalue weighted by Gasteiger charge is -2.46. The zero-order valence-electron chi connectivity index (χ0n) is 17.9. The summed E-state index contributed by atoms with van der Waals surface area (Å²) in [6, 6.07) is 22.6.